The lowest BCUT2D eigenvalue weighted by molar-refractivity contribution is -0.123. The molecule has 26 heavy (non-hydrogen) atoms. The number of amides is 2. The molecule has 2 rings (SSSR count). The first-order valence-corrected chi connectivity index (χ1v) is 9.42. The Labute approximate surface area is 156 Å². The van der Waals surface area contributed by atoms with Crippen LogP contribution in [0.5, 0.6) is 0 Å². The number of ether oxygens (including phenoxy) is 1. The molecule has 1 heterocycles. The SMILES string of the molecule is CC(C)CC(CNC(=O)C(C)NC(=O)c1ccccc1)N1CCOCC1. The minimum Gasteiger partial charge on any atom is -0.379 e. The lowest BCUT2D eigenvalue weighted by Crippen LogP contribution is -2.52. The first kappa shape index (κ1) is 20.4. The highest BCUT2D eigenvalue weighted by atomic mass is 16.5. The molecule has 0 spiro atoms. The fourth-order valence-electron chi connectivity index (χ4n) is 3.15. The van der Waals surface area contributed by atoms with E-state index in [0.29, 0.717) is 24.1 Å². The van der Waals surface area contributed by atoms with Crippen LogP contribution in [0.2, 0.25) is 0 Å². The molecule has 0 aliphatic carbocycles. The number of hydrogen-bond donors (Lipinski definition) is 2. The molecule has 1 aliphatic rings. The molecule has 0 bridgehead atoms. The Balaban J connectivity index is 1.84. The van der Waals surface area contributed by atoms with Gasteiger partial charge in [0.2, 0.25) is 5.91 Å². The molecular formula is C20H31N3O3. The zero-order valence-electron chi connectivity index (χ0n) is 16.0. The van der Waals surface area contributed by atoms with Gasteiger partial charge in [-0.05, 0) is 31.4 Å². The van der Waals surface area contributed by atoms with Crippen LogP contribution in [0.4, 0.5) is 0 Å². The van der Waals surface area contributed by atoms with E-state index in [1.807, 2.05) is 6.07 Å². The van der Waals surface area contributed by atoms with Crippen LogP contribution in [-0.2, 0) is 9.53 Å². The molecule has 0 radical (unpaired) electrons. The maximum absolute atomic E-state index is 12.4. The van der Waals surface area contributed by atoms with E-state index >= 15 is 0 Å². The van der Waals surface area contributed by atoms with E-state index in [1.54, 1.807) is 31.2 Å². The van der Waals surface area contributed by atoms with Gasteiger partial charge in [-0.1, -0.05) is 32.0 Å². The topological polar surface area (TPSA) is 70.7 Å². The largest absolute Gasteiger partial charge is 0.379 e. The van der Waals surface area contributed by atoms with Gasteiger partial charge in [0, 0.05) is 31.2 Å². The molecule has 1 aromatic rings. The highest BCUT2D eigenvalue weighted by molar-refractivity contribution is 5.97. The molecule has 2 amide bonds. The smallest absolute Gasteiger partial charge is 0.251 e. The lowest BCUT2D eigenvalue weighted by atomic mass is 10.0. The van der Waals surface area contributed by atoms with Crippen LogP contribution in [0.3, 0.4) is 0 Å². The minimum absolute atomic E-state index is 0.156. The second-order valence-electron chi connectivity index (χ2n) is 7.24. The average molecular weight is 361 g/mol. The van der Waals surface area contributed by atoms with Gasteiger partial charge in [0.25, 0.3) is 5.91 Å². The van der Waals surface area contributed by atoms with Gasteiger partial charge in [0.05, 0.1) is 13.2 Å². The van der Waals surface area contributed by atoms with E-state index in [0.717, 1.165) is 32.7 Å². The van der Waals surface area contributed by atoms with E-state index in [9.17, 15) is 9.59 Å². The van der Waals surface area contributed by atoms with Crippen LogP contribution in [0, 0.1) is 5.92 Å². The molecule has 1 aromatic carbocycles. The zero-order valence-corrected chi connectivity index (χ0v) is 16.0. The zero-order chi connectivity index (χ0) is 18.9. The number of carbonyl (C=O) groups is 2. The van der Waals surface area contributed by atoms with Crippen molar-refractivity contribution in [1.82, 2.24) is 15.5 Å². The second-order valence-corrected chi connectivity index (χ2v) is 7.24. The van der Waals surface area contributed by atoms with Gasteiger partial charge in [0.1, 0.15) is 6.04 Å². The molecule has 144 valence electrons. The predicted molar refractivity (Wildman–Crippen MR) is 102 cm³/mol. The molecule has 6 heteroatoms. The maximum atomic E-state index is 12.4. The molecule has 6 nitrogen and oxygen atoms in total. The number of benzene rings is 1. The third-order valence-electron chi connectivity index (χ3n) is 4.59. The highest BCUT2D eigenvalue weighted by Crippen LogP contribution is 2.13. The van der Waals surface area contributed by atoms with Crippen LogP contribution in [0.15, 0.2) is 30.3 Å². The number of rotatable bonds is 8. The van der Waals surface area contributed by atoms with Crippen molar-refractivity contribution in [3.8, 4) is 0 Å². The molecule has 1 fully saturated rings. The summed E-state index contributed by atoms with van der Waals surface area (Å²) in [7, 11) is 0. The van der Waals surface area contributed by atoms with Crippen molar-refractivity contribution in [2.24, 2.45) is 5.92 Å². The highest BCUT2D eigenvalue weighted by Gasteiger charge is 2.24. The summed E-state index contributed by atoms with van der Waals surface area (Å²) < 4.78 is 5.43. The molecule has 1 saturated heterocycles. The molecule has 2 N–H and O–H groups in total. The van der Waals surface area contributed by atoms with E-state index in [4.69, 9.17) is 4.74 Å². The van der Waals surface area contributed by atoms with E-state index in [-0.39, 0.29) is 11.8 Å². The molecule has 1 aliphatic heterocycles. The summed E-state index contributed by atoms with van der Waals surface area (Å²) in [5.41, 5.74) is 0.554. The summed E-state index contributed by atoms with van der Waals surface area (Å²) in [6, 6.07) is 8.64. The van der Waals surface area contributed by atoms with Gasteiger partial charge in [-0.15, -0.1) is 0 Å². The number of nitrogens with zero attached hydrogens (tertiary/aromatic N) is 1. The van der Waals surface area contributed by atoms with Gasteiger partial charge >= 0.3 is 0 Å². The Morgan fingerprint density at radius 3 is 2.38 bits per heavy atom. The number of morpholine rings is 1. The maximum Gasteiger partial charge on any atom is 0.251 e. The van der Waals surface area contributed by atoms with Crippen molar-refractivity contribution in [3.63, 3.8) is 0 Å². The third kappa shape index (κ3) is 6.42. The summed E-state index contributed by atoms with van der Waals surface area (Å²) in [6.45, 7) is 9.96. The molecule has 2 unspecified atom stereocenters. The summed E-state index contributed by atoms with van der Waals surface area (Å²) in [4.78, 5) is 27.0. The molecule has 2 atom stereocenters. The monoisotopic (exact) mass is 361 g/mol. The number of hydrogen-bond acceptors (Lipinski definition) is 4. The second kappa shape index (κ2) is 10.3. The first-order valence-electron chi connectivity index (χ1n) is 9.42. The summed E-state index contributed by atoms with van der Waals surface area (Å²) in [6.07, 6.45) is 1.02. The molecule has 0 aromatic heterocycles. The van der Waals surface area contributed by atoms with Crippen molar-refractivity contribution in [2.45, 2.75) is 39.3 Å². The number of nitrogens with one attached hydrogen (secondary N) is 2. The number of carbonyl (C=O) groups excluding carboxylic acids is 2. The van der Waals surface area contributed by atoms with Crippen LogP contribution in [0.1, 0.15) is 37.6 Å². The van der Waals surface area contributed by atoms with E-state index in [1.165, 1.54) is 0 Å². The lowest BCUT2D eigenvalue weighted by Gasteiger charge is -2.35. The predicted octanol–water partition coefficient (Wildman–Crippen LogP) is 1.67. The first-order chi connectivity index (χ1) is 12.5. The quantitative estimate of drug-likeness (QED) is 0.739. The van der Waals surface area contributed by atoms with Crippen molar-refractivity contribution >= 4 is 11.8 Å². The normalized spacial score (nSPS) is 17.5. The average Bonchev–Trinajstić information content (AvgIpc) is 2.65. The standard InChI is InChI=1S/C20H31N3O3/c1-15(2)13-18(23-9-11-26-12-10-23)14-21-19(24)16(3)22-20(25)17-7-5-4-6-8-17/h4-8,15-16,18H,9-14H2,1-3H3,(H,21,24)(H,22,25). The fourth-order valence-corrected chi connectivity index (χ4v) is 3.15. The summed E-state index contributed by atoms with van der Waals surface area (Å²) in [5, 5.41) is 5.76. The third-order valence-corrected chi connectivity index (χ3v) is 4.59. The van der Waals surface area contributed by atoms with Gasteiger partial charge in [-0.3, -0.25) is 14.5 Å². The van der Waals surface area contributed by atoms with E-state index in [2.05, 4.69) is 29.4 Å². The van der Waals surface area contributed by atoms with E-state index < -0.39 is 6.04 Å². The Morgan fingerprint density at radius 1 is 1.12 bits per heavy atom. The minimum atomic E-state index is -0.577. The van der Waals surface area contributed by atoms with Gasteiger partial charge < -0.3 is 15.4 Å². The Bertz CT molecular complexity index is 571. The van der Waals surface area contributed by atoms with Crippen LogP contribution < -0.4 is 10.6 Å². The van der Waals surface area contributed by atoms with Crippen molar-refractivity contribution in [1.29, 1.82) is 0 Å². The Hall–Kier alpha value is -1.92. The van der Waals surface area contributed by atoms with Crippen LogP contribution >= 0.6 is 0 Å². The fraction of sp³-hybridized carbons (Fsp3) is 0.600. The molecular weight excluding hydrogens is 330 g/mol. The van der Waals surface area contributed by atoms with Crippen molar-refractivity contribution in [3.05, 3.63) is 35.9 Å². The Kier molecular flexibility index (Phi) is 8.06. The van der Waals surface area contributed by atoms with Gasteiger partial charge in [0.15, 0.2) is 0 Å². The van der Waals surface area contributed by atoms with Crippen molar-refractivity contribution in [2.75, 3.05) is 32.8 Å². The summed E-state index contributed by atoms with van der Waals surface area (Å²) >= 11 is 0. The van der Waals surface area contributed by atoms with Gasteiger partial charge in [-0.25, -0.2) is 0 Å². The van der Waals surface area contributed by atoms with Crippen LogP contribution in [0.25, 0.3) is 0 Å². The van der Waals surface area contributed by atoms with Crippen LogP contribution in [-0.4, -0.2) is 61.6 Å². The van der Waals surface area contributed by atoms with Gasteiger partial charge in [-0.2, -0.15) is 0 Å². The molecule has 0 saturated carbocycles. The summed E-state index contributed by atoms with van der Waals surface area (Å²) in [5.74, 6) is 0.159. The van der Waals surface area contributed by atoms with Crippen molar-refractivity contribution < 1.29 is 14.3 Å². The Morgan fingerprint density at radius 2 is 1.77 bits per heavy atom.